The van der Waals surface area contributed by atoms with Gasteiger partial charge in [-0.1, -0.05) is 6.92 Å². The van der Waals surface area contributed by atoms with Crippen molar-refractivity contribution in [3.63, 3.8) is 0 Å². The zero-order valence-electron chi connectivity index (χ0n) is 5.45. The molecule has 0 aromatic heterocycles. The van der Waals surface area contributed by atoms with Gasteiger partial charge in [-0.05, 0) is 6.54 Å². The Balaban J connectivity index is 2.12. The minimum absolute atomic E-state index is 0.0286. The maximum atomic E-state index is 12.1. The predicted octanol–water partition coefficient (Wildman–Crippen LogP) is 1.39. The van der Waals surface area contributed by atoms with Gasteiger partial charge in [-0.2, -0.15) is 0 Å². The molecule has 0 spiro atoms. The molecule has 0 atom stereocenters. The van der Waals surface area contributed by atoms with E-state index < -0.39 is 5.92 Å². The van der Waals surface area contributed by atoms with Crippen LogP contribution < -0.4 is 5.32 Å². The molecule has 3 heteroatoms. The second-order valence-corrected chi connectivity index (χ2v) is 2.52. The first-order valence-electron chi connectivity index (χ1n) is 3.25. The molecule has 0 heterocycles. The smallest absolute Gasteiger partial charge is 0.251 e. The molecule has 0 amide bonds. The molecule has 0 bridgehead atoms. The summed E-state index contributed by atoms with van der Waals surface area (Å²) < 4.78 is 24.1. The Bertz CT molecular complexity index is 95.2. The molecular weight excluding hydrogens is 124 g/mol. The van der Waals surface area contributed by atoms with Crippen molar-refractivity contribution in [3.05, 3.63) is 0 Å². The third-order valence-corrected chi connectivity index (χ3v) is 1.58. The zero-order chi connectivity index (χ0) is 6.91. The van der Waals surface area contributed by atoms with Crippen molar-refractivity contribution in [2.45, 2.75) is 31.7 Å². The number of nitrogens with one attached hydrogen (secondary N) is 1. The van der Waals surface area contributed by atoms with Gasteiger partial charge in [-0.25, -0.2) is 8.78 Å². The summed E-state index contributed by atoms with van der Waals surface area (Å²) in [5, 5.41) is 2.96. The largest absolute Gasteiger partial charge is 0.314 e. The van der Waals surface area contributed by atoms with Gasteiger partial charge >= 0.3 is 0 Å². The van der Waals surface area contributed by atoms with Crippen molar-refractivity contribution in [1.29, 1.82) is 0 Å². The summed E-state index contributed by atoms with van der Waals surface area (Å²) in [6.07, 6.45) is 0.0572. The highest BCUT2D eigenvalue weighted by Gasteiger charge is 2.44. The summed E-state index contributed by atoms with van der Waals surface area (Å²) in [7, 11) is 0. The first-order valence-corrected chi connectivity index (χ1v) is 3.25. The molecule has 1 aliphatic carbocycles. The Kier molecular flexibility index (Phi) is 1.70. The highest BCUT2D eigenvalue weighted by molar-refractivity contribution is 4.90. The van der Waals surface area contributed by atoms with Crippen LogP contribution in [0, 0.1) is 0 Å². The fourth-order valence-electron chi connectivity index (χ4n) is 1.09. The van der Waals surface area contributed by atoms with E-state index in [1.165, 1.54) is 0 Å². The first kappa shape index (κ1) is 6.93. The lowest BCUT2D eigenvalue weighted by molar-refractivity contribution is -0.0922. The Labute approximate surface area is 53.4 Å². The molecule has 0 unspecified atom stereocenters. The number of halogens is 2. The van der Waals surface area contributed by atoms with Crippen LogP contribution in [0.15, 0.2) is 0 Å². The normalized spacial score (nSPS) is 25.7. The van der Waals surface area contributed by atoms with Gasteiger partial charge in [0.1, 0.15) is 0 Å². The van der Waals surface area contributed by atoms with E-state index in [9.17, 15) is 8.78 Å². The van der Waals surface area contributed by atoms with E-state index >= 15 is 0 Å². The fourth-order valence-corrected chi connectivity index (χ4v) is 1.09. The molecule has 0 aliphatic heterocycles. The standard InChI is InChI=1S/C6H11F2N/c1-2-9-5-3-6(7,8)4-5/h5,9H,2-4H2,1H3. The van der Waals surface area contributed by atoms with Crippen LogP contribution >= 0.6 is 0 Å². The lowest BCUT2D eigenvalue weighted by Gasteiger charge is -2.35. The van der Waals surface area contributed by atoms with Crippen molar-refractivity contribution in [2.24, 2.45) is 0 Å². The van der Waals surface area contributed by atoms with Crippen molar-refractivity contribution in [2.75, 3.05) is 6.54 Å². The van der Waals surface area contributed by atoms with Crippen LogP contribution in [0.1, 0.15) is 19.8 Å². The average Bonchev–Trinajstić information content (AvgIpc) is 1.62. The SMILES string of the molecule is CCNC1CC(F)(F)C1. The Hall–Kier alpha value is -0.180. The van der Waals surface area contributed by atoms with E-state index in [1.807, 2.05) is 6.92 Å². The van der Waals surface area contributed by atoms with Gasteiger partial charge < -0.3 is 5.32 Å². The maximum absolute atomic E-state index is 12.1. The summed E-state index contributed by atoms with van der Waals surface area (Å²) in [5.74, 6) is -2.37. The highest BCUT2D eigenvalue weighted by Crippen LogP contribution is 2.37. The van der Waals surface area contributed by atoms with Gasteiger partial charge in [0.25, 0.3) is 5.92 Å². The third kappa shape index (κ3) is 1.61. The van der Waals surface area contributed by atoms with Crippen molar-refractivity contribution in [1.82, 2.24) is 5.32 Å². The van der Waals surface area contributed by atoms with Crippen LogP contribution in [0.3, 0.4) is 0 Å². The van der Waals surface area contributed by atoms with Gasteiger partial charge in [0.2, 0.25) is 0 Å². The van der Waals surface area contributed by atoms with Crippen molar-refractivity contribution in [3.8, 4) is 0 Å². The molecule has 54 valence electrons. The van der Waals surface area contributed by atoms with Crippen molar-refractivity contribution >= 4 is 0 Å². The number of hydrogen-bond acceptors (Lipinski definition) is 1. The molecule has 1 rings (SSSR count). The van der Waals surface area contributed by atoms with E-state index in [0.29, 0.717) is 0 Å². The average molecular weight is 135 g/mol. The van der Waals surface area contributed by atoms with Crippen LogP contribution in [0.2, 0.25) is 0 Å². The van der Waals surface area contributed by atoms with Crippen LogP contribution in [0.5, 0.6) is 0 Å². The van der Waals surface area contributed by atoms with Gasteiger partial charge in [0.05, 0.1) is 0 Å². The lowest BCUT2D eigenvalue weighted by Crippen LogP contribution is -2.48. The summed E-state index contributed by atoms with van der Waals surface area (Å²) in [6.45, 7) is 2.72. The molecule has 0 aromatic carbocycles. The fraction of sp³-hybridized carbons (Fsp3) is 1.00. The number of alkyl halides is 2. The minimum atomic E-state index is -2.37. The molecule has 1 nitrogen and oxygen atoms in total. The highest BCUT2D eigenvalue weighted by atomic mass is 19.3. The van der Waals surface area contributed by atoms with E-state index in [4.69, 9.17) is 0 Å². The van der Waals surface area contributed by atoms with Crippen LogP contribution in [0.4, 0.5) is 8.78 Å². The molecule has 0 saturated heterocycles. The van der Waals surface area contributed by atoms with Gasteiger partial charge in [-0.15, -0.1) is 0 Å². The quantitative estimate of drug-likeness (QED) is 0.603. The van der Waals surface area contributed by atoms with E-state index in [2.05, 4.69) is 5.32 Å². The molecule has 1 saturated carbocycles. The monoisotopic (exact) mass is 135 g/mol. The molecular formula is C6H11F2N. The number of hydrogen-bond donors (Lipinski definition) is 1. The summed E-state index contributed by atoms with van der Waals surface area (Å²) >= 11 is 0. The maximum Gasteiger partial charge on any atom is 0.251 e. The Morgan fingerprint density at radius 1 is 1.56 bits per heavy atom. The second-order valence-electron chi connectivity index (χ2n) is 2.52. The van der Waals surface area contributed by atoms with E-state index in [0.717, 1.165) is 6.54 Å². The second kappa shape index (κ2) is 2.21. The minimum Gasteiger partial charge on any atom is -0.314 e. The van der Waals surface area contributed by atoms with Gasteiger partial charge in [-0.3, -0.25) is 0 Å². The first-order chi connectivity index (χ1) is 4.14. The predicted molar refractivity (Wildman–Crippen MR) is 31.6 cm³/mol. The number of rotatable bonds is 2. The Morgan fingerprint density at radius 2 is 2.11 bits per heavy atom. The summed E-state index contributed by atoms with van der Waals surface area (Å²) in [6, 6.07) is 0.0741. The van der Waals surface area contributed by atoms with Crippen LogP contribution in [0.25, 0.3) is 0 Å². The van der Waals surface area contributed by atoms with E-state index in [1.54, 1.807) is 0 Å². The molecule has 1 aliphatic rings. The topological polar surface area (TPSA) is 12.0 Å². The van der Waals surface area contributed by atoms with Crippen LogP contribution in [-0.4, -0.2) is 18.5 Å². The molecule has 0 radical (unpaired) electrons. The van der Waals surface area contributed by atoms with Crippen LogP contribution in [-0.2, 0) is 0 Å². The van der Waals surface area contributed by atoms with Gasteiger partial charge in [0.15, 0.2) is 0 Å². The van der Waals surface area contributed by atoms with E-state index in [-0.39, 0.29) is 18.9 Å². The molecule has 9 heavy (non-hydrogen) atoms. The molecule has 1 fully saturated rings. The molecule has 1 N–H and O–H groups in total. The van der Waals surface area contributed by atoms with Gasteiger partial charge in [0, 0.05) is 18.9 Å². The summed E-state index contributed by atoms with van der Waals surface area (Å²) in [4.78, 5) is 0. The zero-order valence-corrected chi connectivity index (χ0v) is 5.45. The summed E-state index contributed by atoms with van der Waals surface area (Å²) in [5.41, 5.74) is 0. The third-order valence-electron chi connectivity index (χ3n) is 1.58. The van der Waals surface area contributed by atoms with Crippen molar-refractivity contribution < 1.29 is 8.78 Å². The lowest BCUT2D eigenvalue weighted by atomic mass is 9.88. The molecule has 0 aromatic rings. The Morgan fingerprint density at radius 3 is 2.44 bits per heavy atom.